The second kappa shape index (κ2) is 2.59. The van der Waals surface area contributed by atoms with Crippen molar-refractivity contribution >= 4 is 33.6 Å². The van der Waals surface area contributed by atoms with Gasteiger partial charge in [0.15, 0.2) is 0 Å². The second-order valence-electron chi connectivity index (χ2n) is 1.57. The lowest BCUT2D eigenvalue weighted by atomic mass is 10.6. The van der Waals surface area contributed by atoms with Crippen molar-refractivity contribution in [2.24, 2.45) is 0 Å². The molecule has 1 rings (SSSR count). The number of nitrogens with two attached hydrogens (primary N) is 1. The van der Waals surface area contributed by atoms with Gasteiger partial charge in [-0.25, -0.2) is 8.39 Å². The molecule has 10 heavy (non-hydrogen) atoms. The molecule has 0 amide bonds. The summed E-state index contributed by atoms with van der Waals surface area (Å²) in [7, 11) is 0. The van der Waals surface area contributed by atoms with Crippen LogP contribution < -0.4 is 11.4 Å². The minimum absolute atomic E-state index is 0.0439. The van der Waals surface area contributed by atoms with E-state index in [1.165, 1.54) is 6.20 Å². The van der Waals surface area contributed by atoms with Crippen molar-refractivity contribution in [1.82, 2.24) is 8.58 Å². The number of aromatic nitrogens is 2. The average Bonchev–Trinajstić information content (AvgIpc) is 1.84. The fourth-order valence-corrected chi connectivity index (χ4v) is 0.967. The van der Waals surface area contributed by atoms with E-state index >= 15 is 0 Å². The molecule has 1 aromatic rings. The van der Waals surface area contributed by atoms with Gasteiger partial charge in [-0.05, 0) is 0 Å². The first-order valence-electron chi connectivity index (χ1n) is 2.32. The van der Waals surface area contributed by atoms with Gasteiger partial charge in [0.2, 0.25) is 0 Å². The molecule has 54 valence electrons. The van der Waals surface area contributed by atoms with E-state index in [9.17, 15) is 4.79 Å². The summed E-state index contributed by atoms with van der Waals surface area (Å²) in [5.74, 6) is 0.0439. The van der Waals surface area contributed by atoms with Gasteiger partial charge in [-0.1, -0.05) is 11.6 Å². The van der Waals surface area contributed by atoms with Gasteiger partial charge in [0.25, 0.3) is 0 Å². The summed E-state index contributed by atoms with van der Waals surface area (Å²) in [5, 5.41) is 0.247. The van der Waals surface area contributed by atoms with E-state index in [0.29, 0.717) is 0 Å². The molecular weight excluding hydrogens is 221 g/mol. The molecule has 2 N–H and O–H groups in total. The SMILES string of the molecule is Nc1nc(=O)n(Br)cc1Cl. The zero-order chi connectivity index (χ0) is 7.72. The molecule has 4 nitrogen and oxygen atoms in total. The van der Waals surface area contributed by atoms with E-state index in [4.69, 9.17) is 17.3 Å². The number of nitrogens with zero attached hydrogens (tertiary/aromatic N) is 2. The van der Waals surface area contributed by atoms with Crippen LogP contribution in [0.15, 0.2) is 11.0 Å². The van der Waals surface area contributed by atoms with Crippen LogP contribution >= 0.6 is 27.7 Å². The van der Waals surface area contributed by atoms with Crippen LogP contribution in [-0.2, 0) is 0 Å². The summed E-state index contributed by atoms with van der Waals surface area (Å²) in [6.45, 7) is 0. The Balaban J connectivity index is 3.43. The molecule has 0 unspecified atom stereocenters. The van der Waals surface area contributed by atoms with Gasteiger partial charge < -0.3 is 5.73 Å². The molecule has 1 heterocycles. The average molecular weight is 224 g/mol. The van der Waals surface area contributed by atoms with Gasteiger partial charge in [0, 0.05) is 6.20 Å². The number of nitrogen functional groups attached to an aromatic ring is 1. The lowest BCUT2D eigenvalue weighted by Gasteiger charge is -1.95. The van der Waals surface area contributed by atoms with Crippen LogP contribution in [0.4, 0.5) is 5.82 Å². The number of rotatable bonds is 0. The zero-order valence-electron chi connectivity index (χ0n) is 4.71. The Kier molecular flexibility index (Phi) is 1.96. The van der Waals surface area contributed by atoms with E-state index in [2.05, 4.69) is 21.1 Å². The summed E-state index contributed by atoms with van der Waals surface area (Å²) in [4.78, 5) is 14.0. The van der Waals surface area contributed by atoms with Crippen molar-refractivity contribution in [2.45, 2.75) is 0 Å². The van der Waals surface area contributed by atoms with Crippen molar-refractivity contribution in [2.75, 3.05) is 5.73 Å². The summed E-state index contributed by atoms with van der Waals surface area (Å²) in [6, 6.07) is 0. The largest absolute Gasteiger partial charge is 0.382 e. The van der Waals surface area contributed by atoms with Crippen molar-refractivity contribution in [3.63, 3.8) is 0 Å². The molecule has 0 saturated carbocycles. The van der Waals surface area contributed by atoms with E-state index in [-0.39, 0.29) is 10.8 Å². The molecule has 0 aliphatic rings. The standard InChI is InChI=1S/C4H3BrClN3O/c5-9-1-2(6)3(7)8-4(9)10/h1H,(H2,7,8,10). The smallest absolute Gasteiger partial charge is 0.359 e. The number of hydrogen-bond donors (Lipinski definition) is 1. The predicted molar refractivity (Wildman–Crippen MR) is 42.2 cm³/mol. The van der Waals surface area contributed by atoms with Crippen LogP contribution in [0.5, 0.6) is 0 Å². The van der Waals surface area contributed by atoms with E-state index in [1.54, 1.807) is 0 Å². The van der Waals surface area contributed by atoms with Crippen molar-refractivity contribution in [3.05, 3.63) is 21.7 Å². The van der Waals surface area contributed by atoms with Gasteiger partial charge >= 0.3 is 5.69 Å². The third-order valence-corrected chi connectivity index (χ3v) is 1.67. The van der Waals surface area contributed by atoms with Crippen molar-refractivity contribution < 1.29 is 0 Å². The fourth-order valence-electron chi connectivity index (χ4n) is 0.425. The summed E-state index contributed by atoms with van der Waals surface area (Å²) in [6.07, 6.45) is 1.34. The topological polar surface area (TPSA) is 60.9 Å². The Morgan fingerprint density at radius 1 is 1.80 bits per heavy atom. The number of hydrogen-bond acceptors (Lipinski definition) is 3. The Hall–Kier alpha value is -0.550. The molecule has 0 aromatic carbocycles. The molecule has 0 radical (unpaired) electrons. The van der Waals surface area contributed by atoms with Gasteiger partial charge in [-0.3, -0.25) is 0 Å². The quantitative estimate of drug-likeness (QED) is 0.703. The predicted octanol–water partition coefficient (Wildman–Crippen LogP) is 0.637. The van der Waals surface area contributed by atoms with Gasteiger partial charge in [-0.15, -0.1) is 0 Å². The van der Waals surface area contributed by atoms with Crippen LogP contribution in [0, 0.1) is 0 Å². The zero-order valence-corrected chi connectivity index (χ0v) is 7.06. The molecule has 0 spiro atoms. The molecule has 0 saturated heterocycles. The van der Waals surface area contributed by atoms with Gasteiger partial charge in [0.05, 0.1) is 16.1 Å². The van der Waals surface area contributed by atoms with Crippen LogP contribution in [0.2, 0.25) is 5.02 Å². The normalized spacial score (nSPS) is 9.80. The number of anilines is 1. The minimum atomic E-state index is -0.484. The molecule has 0 atom stereocenters. The Morgan fingerprint density at radius 2 is 2.40 bits per heavy atom. The molecule has 6 heteroatoms. The van der Waals surface area contributed by atoms with Crippen molar-refractivity contribution in [1.29, 1.82) is 0 Å². The maximum atomic E-state index is 10.7. The molecular formula is C4H3BrClN3O. The van der Waals surface area contributed by atoms with Gasteiger partial charge in [-0.2, -0.15) is 4.98 Å². The first-order chi connectivity index (χ1) is 4.61. The van der Waals surface area contributed by atoms with Crippen molar-refractivity contribution in [3.8, 4) is 0 Å². The van der Waals surface area contributed by atoms with Crippen LogP contribution in [0.25, 0.3) is 0 Å². The highest BCUT2D eigenvalue weighted by Crippen LogP contribution is 2.12. The van der Waals surface area contributed by atoms with Crippen LogP contribution in [0.1, 0.15) is 0 Å². The Labute approximate surface area is 70.0 Å². The highest BCUT2D eigenvalue weighted by molar-refractivity contribution is 9.08. The molecule has 0 aliphatic carbocycles. The third kappa shape index (κ3) is 1.30. The fraction of sp³-hybridized carbons (Fsp3) is 0. The molecule has 0 fully saturated rings. The Bertz CT molecular complexity index is 310. The van der Waals surface area contributed by atoms with Crippen LogP contribution in [0.3, 0.4) is 0 Å². The molecule has 0 bridgehead atoms. The van der Waals surface area contributed by atoms with Crippen LogP contribution in [-0.4, -0.2) is 8.58 Å². The maximum Gasteiger partial charge on any atom is 0.359 e. The second-order valence-corrected chi connectivity index (χ2v) is 2.74. The molecule has 0 aliphatic heterocycles. The summed E-state index contributed by atoms with van der Waals surface area (Å²) in [5.41, 5.74) is 4.73. The maximum absolute atomic E-state index is 10.7. The summed E-state index contributed by atoms with van der Waals surface area (Å²) >= 11 is 8.39. The lowest BCUT2D eigenvalue weighted by Crippen LogP contribution is -2.17. The number of halogens is 2. The minimum Gasteiger partial charge on any atom is -0.382 e. The first-order valence-corrected chi connectivity index (χ1v) is 3.41. The lowest BCUT2D eigenvalue weighted by molar-refractivity contribution is 1.04. The van der Waals surface area contributed by atoms with E-state index in [0.717, 1.165) is 3.59 Å². The highest BCUT2D eigenvalue weighted by atomic mass is 79.9. The summed E-state index contributed by atoms with van der Waals surface area (Å²) < 4.78 is 1.08. The monoisotopic (exact) mass is 223 g/mol. The first kappa shape index (κ1) is 7.56. The van der Waals surface area contributed by atoms with Gasteiger partial charge in [0.1, 0.15) is 10.8 Å². The third-order valence-electron chi connectivity index (χ3n) is 0.870. The highest BCUT2D eigenvalue weighted by Gasteiger charge is 1.99. The van der Waals surface area contributed by atoms with E-state index in [1.807, 2.05) is 0 Å². The van der Waals surface area contributed by atoms with E-state index < -0.39 is 5.69 Å². The molecule has 1 aromatic heterocycles. The Morgan fingerprint density at radius 3 is 2.90 bits per heavy atom.